The Morgan fingerprint density at radius 1 is 1.26 bits per heavy atom. The van der Waals surface area contributed by atoms with Crippen LogP contribution in [-0.4, -0.2) is 23.1 Å². The van der Waals surface area contributed by atoms with Crippen molar-refractivity contribution in [1.82, 2.24) is 4.90 Å². The van der Waals surface area contributed by atoms with E-state index >= 15 is 0 Å². The zero-order valence-corrected chi connectivity index (χ0v) is 14.3. The number of aryl methyl sites for hydroxylation is 1. The molecule has 0 spiro atoms. The van der Waals surface area contributed by atoms with Crippen LogP contribution in [0.5, 0.6) is 0 Å². The van der Waals surface area contributed by atoms with Crippen molar-refractivity contribution in [2.75, 3.05) is 6.54 Å². The molecule has 2 aromatic rings. The fraction of sp³-hybridized carbons (Fsp3) is 0.444. The summed E-state index contributed by atoms with van der Waals surface area (Å²) in [6.07, 6.45) is 4.15. The highest BCUT2D eigenvalue weighted by Gasteiger charge is 2.30. The van der Waals surface area contributed by atoms with Crippen molar-refractivity contribution < 1.29 is 14.0 Å². The molecule has 0 bridgehead atoms. The van der Waals surface area contributed by atoms with E-state index in [1.54, 1.807) is 11.4 Å². The van der Waals surface area contributed by atoms with Gasteiger partial charge in [-0.15, -0.1) is 11.3 Å². The number of hydrogen-bond acceptors (Lipinski definition) is 4. The summed E-state index contributed by atoms with van der Waals surface area (Å²) in [7, 11) is 0. The summed E-state index contributed by atoms with van der Waals surface area (Å²) >= 11 is 1.35. The Hall–Kier alpha value is -1.88. The van der Waals surface area contributed by atoms with E-state index in [1.807, 2.05) is 24.0 Å². The molecule has 1 unspecified atom stereocenters. The summed E-state index contributed by atoms with van der Waals surface area (Å²) in [6, 6.07) is 5.62. The standard InChI is InChI=1S/C18H21NO3S/c1-12-7-8-16(22-12)15-6-4-3-5-9-19(15)18(21)17-10-14(11-23-17)13(2)20/h7-8,10-11,15H,3-6,9H2,1-2H3. The summed E-state index contributed by atoms with van der Waals surface area (Å²) in [5.74, 6) is 1.73. The molecule has 3 heterocycles. The van der Waals surface area contributed by atoms with E-state index in [9.17, 15) is 9.59 Å². The van der Waals surface area contributed by atoms with Gasteiger partial charge in [-0.1, -0.05) is 12.8 Å². The van der Waals surface area contributed by atoms with Crippen LogP contribution in [-0.2, 0) is 0 Å². The monoisotopic (exact) mass is 331 g/mol. The van der Waals surface area contributed by atoms with E-state index in [4.69, 9.17) is 4.42 Å². The lowest BCUT2D eigenvalue weighted by molar-refractivity contribution is 0.0662. The number of thiophene rings is 1. The highest BCUT2D eigenvalue weighted by Crippen LogP contribution is 2.33. The summed E-state index contributed by atoms with van der Waals surface area (Å²) in [5.41, 5.74) is 0.610. The van der Waals surface area contributed by atoms with Gasteiger partial charge < -0.3 is 9.32 Å². The van der Waals surface area contributed by atoms with Crippen LogP contribution < -0.4 is 0 Å². The number of likely N-dealkylation sites (tertiary alicyclic amines) is 1. The molecule has 5 heteroatoms. The van der Waals surface area contributed by atoms with Gasteiger partial charge in [0.2, 0.25) is 0 Å². The number of ketones is 1. The second kappa shape index (κ2) is 6.71. The lowest BCUT2D eigenvalue weighted by Gasteiger charge is -2.28. The highest BCUT2D eigenvalue weighted by molar-refractivity contribution is 7.12. The number of furan rings is 1. The number of rotatable bonds is 3. The van der Waals surface area contributed by atoms with Crippen molar-refractivity contribution in [3.05, 3.63) is 45.5 Å². The Bertz CT molecular complexity index is 715. The highest BCUT2D eigenvalue weighted by atomic mass is 32.1. The maximum absolute atomic E-state index is 13.0. The molecule has 1 aliphatic rings. The predicted molar refractivity (Wildman–Crippen MR) is 90.0 cm³/mol. The van der Waals surface area contributed by atoms with Crippen LogP contribution in [0.3, 0.4) is 0 Å². The molecule has 1 saturated heterocycles. The van der Waals surface area contributed by atoms with Gasteiger partial charge in [0.25, 0.3) is 5.91 Å². The maximum Gasteiger partial charge on any atom is 0.264 e. The molecule has 0 N–H and O–H groups in total. The van der Waals surface area contributed by atoms with Gasteiger partial charge in [0.05, 0.1) is 10.9 Å². The molecular weight excluding hydrogens is 310 g/mol. The number of hydrogen-bond donors (Lipinski definition) is 0. The Kier molecular flexibility index (Phi) is 4.66. The van der Waals surface area contributed by atoms with Gasteiger partial charge in [-0.05, 0) is 44.9 Å². The SMILES string of the molecule is CC(=O)c1csc(C(=O)N2CCCCCC2c2ccc(C)o2)c1. The minimum atomic E-state index is -0.0124. The Morgan fingerprint density at radius 2 is 2.09 bits per heavy atom. The fourth-order valence-corrected chi connectivity index (χ4v) is 3.96. The molecule has 122 valence electrons. The molecule has 1 atom stereocenters. The van der Waals surface area contributed by atoms with E-state index in [1.165, 1.54) is 18.3 Å². The summed E-state index contributed by atoms with van der Waals surface area (Å²) in [6.45, 7) is 4.18. The van der Waals surface area contributed by atoms with Crippen molar-refractivity contribution in [2.24, 2.45) is 0 Å². The number of nitrogens with zero attached hydrogens (tertiary/aromatic N) is 1. The zero-order valence-electron chi connectivity index (χ0n) is 13.5. The van der Waals surface area contributed by atoms with Crippen LogP contribution in [0.25, 0.3) is 0 Å². The molecule has 0 saturated carbocycles. The minimum absolute atomic E-state index is 0.00320. The Balaban J connectivity index is 1.89. The van der Waals surface area contributed by atoms with Crippen LogP contribution in [0.2, 0.25) is 0 Å². The van der Waals surface area contributed by atoms with E-state index < -0.39 is 0 Å². The van der Waals surface area contributed by atoms with Crippen molar-refractivity contribution in [2.45, 2.75) is 45.6 Å². The molecule has 1 fully saturated rings. The van der Waals surface area contributed by atoms with Crippen LogP contribution >= 0.6 is 11.3 Å². The van der Waals surface area contributed by atoms with Gasteiger partial charge in [-0.2, -0.15) is 0 Å². The average Bonchev–Trinajstić information content (AvgIpc) is 3.10. The van der Waals surface area contributed by atoms with E-state index in [0.717, 1.165) is 43.7 Å². The van der Waals surface area contributed by atoms with Gasteiger partial charge in [-0.3, -0.25) is 9.59 Å². The third-order valence-corrected chi connectivity index (χ3v) is 5.24. The minimum Gasteiger partial charge on any atom is -0.464 e. The third-order valence-electron chi connectivity index (χ3n) is 4.32. The van der Waals surface area contributed by atoms with E-state index in [-0.39, 0.29) is 17.7 Å². The third kappa shape index (κ3) is 3.39. The van der Waals surface area contributed by atoms with Gasteiger partial charge in [0.15, 0.2) is 5.78 Å². The first-order valence-electron chi connectivity index (χ1n) is 8.03. The van der Waals surface area contributed by atoms with Crippen molar-refractivity contribution in [3.63, 3.8) is 0 Å². The quantitative estimate of drug-likeness (QED) is 0.772. The molecular formula is C18H21NO3S. The normalized spacial score (nSPS) is 18.7. The summed E-state index contributed by atoms with van der Waals surface area (Å²) in [4.78, 5) is 27.0. The van der Waals surface area contributed by atoms with E-state index in [0.29, 0.717) is 10.4 Å². The Morgan fingerprint density at radius 3 is 2.74 bits per heavy atom. The smallest absolute Gasteiger partial charge is 0.264 e. The second-order valence-electron chi connectivity index (χ2n) is 6.07. The molecule has 3 rings (SSSR count). The first-order chi connectivity index (χ1) is 11.1. The topological polar surface area (TPSA) is 50.5 Å². The lowest BCUT2D eigenvalue weighted by Crippen LogP contribution is -2.34. The lowest BCUT2D eigenvalue weighted by atomic mass is 10.1. The van der Waals surface area contributed by atoms with E-state index in [2.05, 4.69) is 0 Å². The van der Waals surface area contributed by atoms with Crippen molar-refractivity contribution in [3.8, 4) is 0 Å². The van der Waals surface area contributed by atoms with Crippen LogP contribution in [0.1, 0.15) is 70.2 Å². The van der Waals surface area contributed by atoms with Gasteiger partial charge in [0, 0.05) is 17.5 Å². The molecule has 2 aromatic heterocycles. The molecule has 0 radical (unpaired) electrons. The molecule has 23 heavy (non-hydrogen) atoms. The van der Waals surface area contributed by atoms with Gasteiger partial charge in [-0.25, -0.2) is 0 Å². The average molecular weight is 331 g/mol. The van der Waals surface area contributed by atoms with Gasteiger partial charge >= 0.3 is 0 Å². The number of carbonyl (C=O) groups excluding carboxylic acids is 2. The Labute approximate surface area is 140 Å². The molecule has 0 aliphatic carbocycles. The fourth-order valence-electron chi connectivity index (χ4n) is 3.05. The van der Waals surface area contributed by atoms with Crippen LogP contribution in [0.15, 0.2) is 28.0 Å². The molecule has 4 nitrogen and oxygen atoms in total. The van der Waals surface area contributed by atoms with Crippen molar-refractivity contribution >= 4 is 23.0 Å². The molecule has 0 aromatic carbocycles. The predicted octanol–water partition coefficient (Wildman–Crippen LogP) is 4.61. The van der Waals surface area contributed by atoms with Crippen LogP contribution in [0.4, 0.5) is 0 Å². The first-order valence-corrected chi connectivity index (χ1v) is 8.91. The van der Waals surface area contributed by atoms with Gasteiger partial charge in [0.1, 0.15) is 11.5 Å². The van der Waals surface area contributed by atoms with Crippen molar-refractivity contribution in [1.29, 1.82) is 0 Å². The first kappa shape index (κ1) is 16.0. The van der Waals surface area contributed by atoms with Crippen LogP contribution in [0, 0.1) is 6.92 Å². The summed E-state index contributed by atoms with van der Waals surface area (Å²) in [5, 5.41) is 1.76. The zero-order chi connectivity index (χ0) is 16.4. The molecule has 1 amide bonds. The number of amides is 1. The summed E-state index contributed by atoms with van der Waals surface area (Å²) < 4.78 is 5.79. The number of carbonyl (C=O) groups is 2. The largest absolute Gasteiger partial charge is 0.464 e. The molecule has 1 aliphatic heterocycles. The second-order valence-corrected chi connectivity index (χ2v) is 6.98. The number of Topliss-reactive ketones (excluding diaryl/α,β-unsaturated/α-hetero) is 1. The maximum atomic E-state index is 13.0.